The smallest absolute Gasteiger partial charge is 0.229 e. The number of hydrogen-bond donors (Lipinski definition) is 2. The summed E-state index contributed by atoms with van der Waals surface area (Å²) >= 11 is 0. The first-order chi connectivity index (χ1) is 14.7. The number of hydrogen-bond acceptors (Lipinski definition) is 6. The topological polar surface area (TPSA) is 68.3 Å². The van der Waals surface area contributed by atoms with Crippen LogP contribution in [0.1, 0.15) is 5.56 Å². The highest BCUT2D eigenvalue weighted by Crippen LogP contribution is 2.27. The second kappa shape index (κ2) is 10.6. The van der Waals surface area contributed by atoms with Gasteiger partial charge in [-0.3, -0.25) is 0 Å². The van der Waals surface area contributed by atoms with Crippen LogP contribution in [0.25, 0.3) is 10.9 Å². The van der Waals surface area contributed by atoms with Crippen molar-refractivity contribution in [3.8, 4) is 5.75 Å². The van der Waals surface area contributed by atoms with E-state index in [1.807, 2.05) is 60.7 Å². The van der Waals surface area contributed by atoms with Crippen LogP contribution in [-0.2, 0) is 11.2 Å². The largest absolute Gasteiger partial charge is 0.497 e. The molecule has 0 saturated carbocycles. The number of ether oxygens (including phenoxy) is 2. The number of rotatable bonds is 8. The average Bonchev–Trinajstić information content (AvgIpc) is 2.79. The zero-order valence-corrected chi connectivity index (χ0v) is 18.3. The first kappa shape index (κ1) is 22.3. The third kappa shape index (κ3) is 5.63. The van der Waals surface area contributed by atoms with E-state index in [9.17, 15) is 0 Å². The SMILES string of the molecule is COCCc1ccc(Nc2nc(Nc3ccc(OC)cc3)c3ccccc3n2)cc1.Cl. The van der Waals surface area contributed by atoms with Crippen molar-refractivity contribution in [3.05, 3.63) is 78.4 Å². The molecule has 3 aromatic carbocycles. The minimum atomic E-state index is 0. The van der Waals surface area contributed by atoms with Gasteiger partial charge in [0.2, 0.25) is 5.95 Å². The molecule has 0 aliphatic heterocycles. The average molecular weight is 437 g/mol. The summed E-state index contributed by atoms with van der Waals surface area (Å²) in [5, 5.41) is 7.66. The predicted octanol–water partition coefficient (Wildman–Crippen LogP) is 5.74. The van der Waals surface area contributed by atoms with Crippen molar-refractivity contribution < 1.29 is 9.47 Å². The number of nitrogens with zero attached hydrogens (tertiary/aromatic N) is 2. The molecule has 0 saturated heterocycles. The Morgan fingerprint density at radius 3 is 2.16 bits per heavy atom. The lowest BCUT2D eigenvalue weighted by molar-refractivity contribution is 0.202. The number of benzene rings is 3. The van der Waals surface area contributed by atoms with Crippen molar-refractivity contribution in [1.82, 2.24) is 9.97 Å². The van der Waals surface area contributed by atoms with E-state index < -0.39 is 0 Å². The molecule has 0 radical (unpaired) electrons. The van der Waals surface area contributed by atoms with Gasteiger partial charge in [0.25, 0.3) is 0 Å². The molecule has 4 rings (SSSR count). The standard InChI is InChI=1S/C24H24N4O2.ClH/c1-29-16-15-17-7-9-19(10-8-17)26-24-27-22-6-4-3-5-21(22)23(28-24)25-18-11-13-20(30-2)14-12-18;/h3-14H,15-16H2,1-2H3,(H2,25,26,27,28);1H. The van der Waals surface area contributed by atoms with Gasteiger partial charge in [0, 0.05) is 23.9 Å². The van der Waals surface area contributed by atoms with Gasteiger partial charge in [-0.05, 0) is 60.5 Å². The zero-order chi connectivity index (χ0) is 20.8. The van der Waals surface area contributed by atoms with Gasteiger partial charge in [0.15, 0.2) is 0 Å². The van der Waals surface area contributed by atoms with Crippen LogP contribution < -0.4 is 15.4 Å². The molecular weight excluding hydrogens is 412 g/mol. The van der Waals surface area contributed by atoms with Crippen LogP contribution >= 0.6 is 12.4 Å². The molecule has 6 nitrogen and oxygen atoms in total. The van der Waals surface area contributed by atoms with Crippen LogP contribution in [0.2, 0.25) is 0 Å². The molecule has 0 amide bonds. The maximum Gasteiger partial charge on any atom is 0.229 e. The quantitative estimate of drug-likeness (QED) is 0.367. The van der Waals surface area contributed by atoms with Crippen molar-refractivity contribution in [3.63, 3.8) is 0 Å². The Hall–Kier alpha value is -3.35. The molecule has 1 aromatic heterocycles. The second-order valence-corrected chi connectivity index (χ2v) is 6.83. The number of nitrogens with one attached hydrogen (secondary N) is 2. The van der Waals surface area contributed by atoms with Crippen molar-refractivity contribution >= 4 is 46.5 Å². The normalized spacial score (nSPS) is 10.4. The Bertz CT molecular complexity index is 1120. The lowest BCUT2D eigenvalue weighted by atomic mass is 10.1. The lowest BCUT2D eigenvalue weighted by Crippen LogP contribution is -2.02. The van der Waals surface area contributed by atoms with Crippen LogP contribution in [0.15, 0.2) is 72.8 Å². The Balaban J connectivity index is 0.00000272. The summed E-state index contributed by atoms with van der Waals surface area (Å²) in [6, 6.07) is 23.9. The van der Waals surface area contributed by atoms with E-state index in [-0.39, 0.29) is 12.4 Å². The summed E-state index contributed by atoms with van der Waals surface area (Å²) in [5.41, 5.74) is 3.95. The highest BCUT2D eigenvalue weighted by atomic mass is 35.5. The maximum absolute atomic E-state index is 5.23. The van der Waals surface area contributed by atoms with Gasteiger partial charge in [0.1, 0.15) is 11.6 Å². The van der Waals surface area contributed by atoms with E-state index in [4.69, 9.17) is 14.5 Å². The van der Waals surface area contributed by atoms with E-state index in [0.717, 1.165) is 40.3 Å². The Labute approximate surface area is 188 Å². The van der Waals surface area contributed by atoms with Gasteiger partial charge in [-0.2, -0.15) is 4.98 Å². The van der Waals surface area contributed by atoms with E-state index in [1.54, 1.807) is 14.2 Å². The number of fused-ring (bicyclic) bond motifs is 1. The molecule has 7 heteroatoms. The fourth-order valence-electron chi connectivity index (χ4n) is 3.14. The highest BCUT2D eigenvalue weighted by molar-refractivity contribution is 5.92. The molecule has 160 valence electrons. The van der Waals surface area contributed by atoms with Crippen LogP contribution in [0.3, 0.4) is 0 Å². The Morgan fingerprint density at radius 2 is 1.45 bits per heavy atom. The van der Waals surface area contributed by atoms with Gasteiger partial charge in [-0.15, -0.1) is 12.4 Å². The van der Waals surface area contributed by atoms with Crippen LogP contribution in [0, 0.1) is 0 Å². The van der Waals surface area contributed by atoms with Crippen LogP contribution in [-0.4, -0.2) is 30.8 Å². The van der Waals surface area contributed by atoms with Crippen molar-refractivity contribution in [1.29, 1.82) is 0 Å². The van der Waals surface area contributed by atoms with Gasteiger partial charge in [0.05, 0.1) is 19.2 Å². The summed E-state index contributed by atoms with van der Waals surface area (Å²) in [6.07, 6.45) is 0.888. The minimum Gasteiger partial charge on any atom is -0.497 e. The predicted molar refractivity (Wildman–Crippen MR) is 128 cm³/mol. The molecule has 0 fully saturated rings. The second-order valence-electron chi connectivity index (χ2n) is 6.83. The first-order valence-electron chi connectivity index (χ1n) is 9.78. The zero-order valence-electron chi connectivity index (χ0n) is 17.5. The molecule has 31 heavy (non-hydrogen) atoms. The lowest BCUT2D eigenvalue weighted by Gasteiger charge is -2.12. The van der Waals surface area contributed by atoms with E-state index in [2.05, 4.69) is 27.8 Å². The van der Waals surface area contributed by atoms with Crippen molar-refractivity contribution in [2.75, 3.05) is 31.5 Å². The molecule has 0 aliphatic rings. The van der Waals surface area contributed by atoms with Crippen molar-refractivity contribution in [2.45, 2.75) is 6.42 Å². The van der Waals surface area contributed by atoms with Gasteiger partial charge in [-0.1, -0.05) is 24.3 Å². The highest BCUT2D eigenvalue weighted by Gasteiger charge is 2.09. The number of para-hydroxylation sites is 1. The summed E-state index contributed by atoms with van der Waals surface area (Å²) in [7, 11) is 3.37. The summed E-state index contributed by atoms with van der Waals surface area (Å²) in [4.78, 5) is 9.39. The Kier molecular flexibility index (Phi) is 7.65. The summed E-state index contributed by atoms with van der Waals surface area (Å²) in [5.74, 6) is 2.09. The van der Waals surface area contributed by atoms with E-state index in [0.29, 0.717) is 12.6 Å². The third-order valence-electron chi connectivity index (χ3n) is 4.76. The molecule has 1 heterocycles. The first-order valence-corrected chi connectivity index (χ1v) is 9.78. The summed E-state index contributed by atoms with van der Waals surface area (Å²) < 4.78 is 10.4. The fourth-order valence-corrected chi connectivity index (χ4v) is 3.14. The Morgan fingerprint density at radius 1 is 0.774 bits per heavy atom. The van der Waals surface area contributed by atoms with Gasteiger partial charge < -0.3 is 20.1 Å². The molecule has 2 N–H and O–H groups in total. The van der Waals surface area contributed by atoms with E-state index >= 15 is 0 Å². The van der Waals surface area contributed by atoms with Gasteiger partial charge >= 0.3 is 0 Å². The molecule has 0 atom stereocenters. The fraction of sp³-hybridized carbons (Fsp3) is 0.167. The number of methoxy groups -OCH3 is 2. The van der Waals surface area contributed by atoms with Crippen LogP contribution in [0.5, 0.6) is 5.75 Å². The van der Waals surface area contributed by atoms with Gasteiger partial charge in [-0.25, -0.2) is 4.98 Å². The number of aromatic nitrogens is 2. The van der Waals surface area contributed by atoms with Crippen molar-refractivity contribution in [2.24, 2.45) is 0 Å². The monoisotopic (exact) mass is 436 g/mol. The molecule has 0 spiro atoms. The molecule has 0 aliphatic carbocycles. The third-order valence-corrected chi connectivity index (χ3v) is 4.76. The molecular formula is C24H25ClN4O2. The number of anilines is 4. The van der Waals surface area contributed by atoms with Crippen LogP contribution in [0.4, 0.5) is 23.1 Å². The van der Waals surface area contributed by atoms with E-state index in [1.165, 1.54) is 5.56 Å². The molecule has 4 aromatic rings. The molecule has 0 bridgehead atoms. The molecule has 0 unspecified atom stereocenters. The number of halogens is 1. The maximum atomic E-state index is 5.23. The summed E-state index contributed by atoms with van der Waals surface area (Å²) in [6.45, 7) is 0.709. The minimum absolute atomic E-state index is 0.